The fourth-order valence-electron chi connectivity index (χ4n) is 2.11. The molecule has 0 amide bonds. The molecule has 0 aliphatic heterocycles. The van der Waals surface area contributed by atoms with E-state index in [-0.39, 0.29) is 12.0 Å². The van der Waals surface area contributed by atoms with Crippen molar-refractivity contribution in [2.45, 2.75) is 31.4 Å². The molecular weight excluding hydrogens is 316 g/mol. The smallest absolute Gasteiger partial charge is 0.331 e. The maximum absolute atomic E-state index is 10.9. The number of carbonyl (C=O) groups is 1. The van der Waals surface area contributed by atoms with E-state index in [1.807, 2.05) is 0 Å². The van der Waals surface area contributed by atoms with E-state index in [1.165, 1.54) is 6.20 Å². The molecule has 0 aromatic heterocycles. The molecule has 0 bridgehead atoms. The molecule has 0 heterocycles. The molecule has 6 heteroatoms. The Labute approximate surface area is 139 Å². The SMILES string of the molecule is C=C(CC(O)c1ccc(Cl)cc1/C(C=NC1CC1)=C/N)C(=O)O. The molecule has 1 aromatic carbocycles. The Morgan fingerprint density at radius 1 is 1.52 bits per heavy atom. The number of aliphatic hydroxyl groups excluding tert-OH is 1. The first-order chi connectivity index (χ1) is 10.9. The normalized spacial score (nSPS) is 16.5. The maximum atomic E-state index is 10.9. The predicted molar refractivity (Wildman–Crippen MR) is 91.5 cm³/mol. The van der Waals surface area contributed by atoms with Crippen molar-refractivity contribution in [3.63, 3.8) is 0 Å². The number of aliphatic carboxylic acids is 1. The first-order valence-electron chi connectivity index (χ1n) is 7.26. The van der Waals surface area contributed by atoms with Crippen LogP contribution in [0.3, 0.4) is 0 Å². The Bertz CT molecular complexity index is 678. The van der Waals surface area contributed by atoms with Gasteiger partial charge < -0.3 is 15.9 Å². The van der Waals surface area contributed by atoms with E-state index in [0.717, 1.165) is 12.8 Å². The number of carboxylic acid groups (broad SMARTS) is 1. The lowest BCUT2D eigenvalue weighted by Gasteiger charge is -2.16. The molecule has 1 aromatic rings. The molecule has 0 saturated heterocycles. The van der Waals surface area contributed by atoms with Crippen molar-refractivity contribution in [2.24, 2.45) is 10.7 Å². The first kappa shape index (κ1) is 17.2. The zero-order valence-corrected chi connectivity index (χ0v) is 13.3. The quantitative estimate of drug-likeness (QED) is 0.527. The van der Waals surface area contributed by atoms with Gasteiger partial charge in [0.1, 0.15) is 0 Å². The average Bonchev–Trinajstić information content (AvgIpc) is 3.32. The van der Waals surface area contributed by atoms with E-state index in [2.05, 4.69) is 11.6 Å². The summed E-state index contributed by atoms with van der Waals surface area (Å²) < 4.78 is 0. The number of benzene rings is 1. The molecule has 1 fully saturated rings. The number of allylic oxidation sites excluding steroid dienone is 1. The molecule has 0 spiro atoms. The Morgan fingerprint density at radius 3 is 2.78 bits per heavy atom. The van der Waals surface area contributed by atoms with E-state index in [9.17, 15) is 9.90 Å². The number of hydrogen-bond acceptors (Lipinski definition) is 4. The van der Waals surface area contributed by atoms with Gasteiger partial charge in [-0.05, 0) is 36.1 Å². The van der Waals surface area contributed by atoms with Crippen molar-refractivity contribution >= 4 is 29.4 Å². The van der Waals surface area contributed by atoms with Gasteiger partial charge in [-0.1, -0.05) is 24.2 Å². The lowest BCUT2D eigenvalue weighted by molar-refractivity contribution is -0.133. The van der Waals surface area contributed by atoms with Gasteiger partial charge in [-0.25, -0.2) is 4.79 Å². The molecule has 2 rings (SSSR count). The lowest BCUT2D eigenvalue weighted by atomic mass is 9.94. The van der Waals surface area contributed by atoms with Gasteiger partial charge in [0, 0.05) is 35.0 Å². The molecule has 122 valence electrons. The van der Waals surface area contributed by atoms with Gasteiger partial charge in [0.2, 0.25) is 0 Å². The predicted octanol–water partition coefficient (Wildman–Crippen LogP) is 2.94. The Hall–Kier alpha value is -2.11. The second-order valence-corrected chi connectivity index (χ2v) is 5.93. The van der Waals surface area contributed by atoms with E-state index < -0.39 is 12.1 Å². The number of carboxylic acids is 1. The molecular formula is C17H19ClN2O3. The highest BCUT2D eigenvalue weighted by Gasteiger charge is 2.21. The van der Waals surface area contributed by atoms with Gasteiger partial charge in [0.25, 0.3) is 0 Å². The molecule has 1 unspecified atom stereocenters. The highest BCUT2D eigenvalue weighted by atomic mass is 35.5. The van der Waals surface area contributed by atoms with Crippen LogP contribution < -0.4 is 5.73 Å². The number of rotatable bonds is 7. The largest absolute Gasteiger partial charge is 0.478 e. The first-order valence-corrected chi connectivity index (χ1v) is 7.64. The van der Waals surface area contributed by atoms with Crippen LogP contribution in [-0.2, 0) is 4.79 Å². The van der Waals surface area contributed by atoms with Gasteiger partial charge in [-0.15, -0.1) is 0 Å². The van der Waals surface area contributed by atoms with Crippen LogP contribution in [0.15, 0.2) is 41.5 Å². The summed E-state index contributed by atoms with van der Waals surface area (Å²) in [5.41, 5.74) is 7.43. The van der Waals surface area contributed by atoms with Crippen LogP contribution in [0.2, 0.25) is 5.02 Å². The van der Waals surface area contributed by atoms with Crippen molar-refractivity contribution in [2.75, 3.05) is 0 Å². The summed E-state index contributed by atoms with van der Waals surface area (Å²) in [5, 5.41) is 19.8. The third kappa shape index (κ3) is 4.68. The maximum Gasteiger partial charge on any atom is 0.331 e. The molecule has 4 N–H and O–H groups in total. The van der Waals surface area contributed by atoms with Gasteiger partial charge >= 0.3 is 5.97 Å². The molecule has 0 radical (unpaired) electrons. The van der Waals surface area contributed by atoms with Crippen LogP contribution in [0.5, 0.6) is 0 Å². The van der Waals surface area contributed by atoms with Crippen molar-refractivity contribution < 1.29 is 15.0 Å². The summed E-state index contributed by atoms with van der Waals surface area (Å²) in [7, 11) is 0. The van der Waals surface area contributed by atoms with Crippen molar-refractivity contribution in [1.29, 1.82) is 0 Å². The van der Waals surface area contributed by atoms with Crippen LogP contribution >= 0.6 is 11.6 Å². The zero-order chi connectivity index (χ0) is 17.0. The summed E-state index contributed by atoms with van der Waals surface area (Å²) >= 11 is 6.05. The van der Waals surface area contributed by atoms with E-state index >= 15 is 0 Å². The third-order valence-electron chi connectivity index (χ3n) is 3.58. The molecule has 1 atom stereocenters. The van der Waals surface area contributed by atoms with Gasteiger partial charge in [-0.3, -0.25) is 4.99 Å². The second kappa shape index (κ2) is 7.44. The summed E-state index contributed by atoms with van der Waals surface area (Å²) in [6.45, 7) is 3.45. The Morgan fingerprint density at radius 2 is 2.22 bits per heavy atom. The average molecular weight is 335 g/mol. The Kier molecular flexibility index (Phi) is 5.58. The van der Waals surface area contributed by atoms with Crippen molar-refractivity contribution in [1.82, 2.24) is 0 Å². The number of halogens is 1. The second-order valence-electron chi connectivity index (χ2n) is 5.49. The molecule has 1 aliphatic carbocycles. The standard InChI is InChI=1S/C17H19ClN2O3/c1-10(17(22)23)6-16(21)14-5-2-12(18)7-15(14)11(8-19)9-20-13-3-4-13/h2,5,7-9,13,16,21H,1,3-4,6,19H2,(H,22,23)/b11-8+,20-9?. The summed E-state index contributed by atoms with van der Waals surface area (Å²) in [6.07, 6.45) is 4.11. The minimum absolute atomic E-state index is 0.0664. The lowest BCUT2D eigenvalue weighted by Crippen LogP contribution is -2.08. The van der Waals surface area contributed by atoms with Crippen LogP contribution in [0.25, 0.3) is 5.57 Å². The van der Waals surface area contributed by atoms with E-state index in [4.69, 9.17) is 22.4 Å². The molecule has 1 saturated carbocycles. The molecule has 5 nitrogen and oxygen atoms in total. The van der Waals surface area contributed by atoms with Crippen LogP contribution in [0.4, 0.5) is 0 Å². The zero-order valence-electron chi connectivity index (χ0n) is 12.6. The van der Waals surface area contributed by atoms with Crippen LogP contribution in [0.1, 0.15) is 36.5 Å². The minimum Gasteiger partial charge on any atom is -0.478 e. The third-order valence-corrected chi connectivity index (χ3v) is 3.81. The van der Waals surface area contributed by atoms with E-state index in [0.29, 0.717) is 27.8 Å². The topological polar surface area (TPSA) is 95.9 Å². The Balaban J connectivity index is 2.32. The highest BCUT2D eigenvalue weighted by molar-refractivity contribution is 6.31. The van der Waals surface area contributed by atoms with Gasteiger partial charge in [0.15, 0.2) is 0 Å². The van der Waals surface area contributed by atoms with E-state index in [1.54, 1.807) is 24.4 Å². The number of aliphatic hydroxyl groups is 1. The fraction of sp³-hybridized carbons (Fsp3) is 0.294. The number of hydrogen-bond donors (Lipinski definition) is 3. The number of nitrogens with two attached hydrogens (primary N) is 1. The van der Waals surface area contributed by atoms with Crippen molar-refractivity contribution in [3.8, 4) is 0 Å². The summed E-state index contributed by atoms with van der Waals surface area (Å²) in [6, 6.07) is 5.32. The summed E-state index contributed by atoms with van der Waals surface area (Å²) in [4.78, 5) is 15.3. The fourth-order valence-corrected chi connectivity index (χ4v) is 2.28. The van der Waals surface area contributed by atoms with Gasteiger partial charge in [0.05, 0.1) is 12.1 Å². The number of nitrogens with zero attached hydrogens (tertiary/aromatic N) is 1. The number of aliphatic imine (C=N–C) groups is 1. The van der Waals surface area contributed by atoms with Crippen molar-refractivity contribution in [3.05, 3.63) is 52.7 Å². The minimum atomic E-state index is -1.13. The monoisotopic (exact) mass is 334 g/mol. The molecule has 1 aliphatic rings. The molecule has 23 heavy (non-hydrogen) atoms. The van der Waals surface area contributed by atoms with Crippen LogP contribution in [-0.4, -0.2) is 28.4 Å². The summed E-state index contributed by atoms with van der Waals surface area (Å²) in [5.74, 6) is -1.13. The highest BCUT2D eigenvalue weighted by Crippen LogP contribution is 2.31. The van der Waals surface area contributed by atoms with Gasteiger partial charge in [-0.2, -0.15) is 0 Å². The van der Waals surface area contributed by atoms with Crippen LogP contribution in [0, 0.1) is 0 Å².